The minimum absolute atomic E-state index is 0.0527. The van der Waals surface area contributed by atoms with Crippen molar-refractivity contribution < 1.29 is 24.6 Å². The van der Waals surface area contributed by atoms with Crippen LogP contribution in [0.5, 0.6) is 0 Å². The number of carbonyl (C=O) groups excluding carboxylic acids is 2. The first-order chi connectivity index (χ1) is 12.5. The molecule has 0 saturated heterocycles. The minimum Gasteiger partial charge on any atom is -0.476 e. The lowest BCUT2D eigenvalue weighted by atomic mass is 9.88. The average molecular weight is 364 g/mol. The highest BCUT2D eigenvalue weighted by molar-refractivity contribution is 6.32. The molecule has 0 bridgehead atoms. The maximum absolute atomic E-state index is 12.0. The van der Waals surface area contributed by atoms with Crippen LogP contribution in [0.4, 0.5) is 0 Å². The summed E-state index contributed by atoms with van der Waals surface area (Å²) in [6.45, 7) is 2.13. The van der Waals surface area contributed by atoms with Crippen LogP contribution in [0, 0.1) is 11.8 Å². The van der Waals surface area contributed by atoms with Gasteiger partial charge in [0.15, 0.2) is 5.78 Å². The molecular weight excluding hydrogens is 332 g/mol. The fourth-order valence-corrected chi connectivity index (χ4v) is 3.25. The van der Waals surface area contributed by atoms with Crippen molar-refractivity contribution in [2.45, 2.75) is 77.2 Å². The molecule has 0 heterocycles. The highest BCUT2D eigenvalue weighted by Crippen LogP contribution is 2.29. The molecule has 0 spiro atoms. The van der Waals surface area contributed by atoms with Gasteiger partial charge >= 0.3 is 5.97 Å². The number of carboxylic acid groups (broad SMARTS) is 1. The fourth-order valence-electron chi connectivity index (χ4n) is 3.25. The summed E-state index contributed by atoms with van der Waals surface area (Å²) >= 11 is 0. The van der Waals surface area contributed by atoms with E-state index in [9.17, 15) is 19.5 Å². The summed E-state index contributed by atoms with van der Waals surface area (Å²) in [5.41, 5.74) is 0. The van der Waals surface area contributed by atoms with Crippen LogP contribution in [0.3, 0.4) is 0 Å². The molecule has 26 heavy (non-hydrogen) atoms. The van der Waals surface area contributed by atoms with Crippen LogP contribution in [-0.2, 0) is 14.4 Å². The van der Waals surface area contributed by atoms with Gasteiger partial charge in [-0.15, -0.1) is 0 Å². The second-order valence-electron chi connectivity index (χ2n) is 7.07. The van der Waals surface area contributed by atoms with Gasteiger partial charge in [0.25, 0.3) is 0 Å². The minimum atomic E-state index is -1.36. The van der Waals surface area contributed by atoms with Crippen molar-refractivity contribution in [3.05, 3.63) is 24.3 Å². The van der Waals surface area contributed by atoms with Crippen molar-refractivity contribution in [1.82, 2.24) is 0 Å². The van der Waals surface area contributed by atoms with E-state index in [-0.39, 0.29) is 24.0 Å². The summed E-state index contributed by atoms with van der Waals surface area (Å²) in [6, 6.07) is 0. The molecule has 1 rings (SSSR count). The van der Waals surface area contributed by atoms with Crippen LogP contribution < -0.4 is 0 Å². The van der Waals surface area contributed by atoms with E-state index >= 15 is 0 Å². The second kappa shape index (κ2) is 12.6. The maximum Gasteiger partial charge on any atom is 0.372 e. The summed E-state index contributed by atoms with van der Waals surface area (Å²) in [5.74, 6) is -1.96. The first-order valence-electron chi connectivity index (χ1n) is 9.80. The molecule has 0 aliphatic heterocycles. The first kappa shape index (κ1) is 22.3. The molecule has 146 valence electrons. The quantitative estimate of drug-likeness (QED) is 0.277. The molecule has 0 amide bonds. The predicted molar refractivity (Wildman–Crippen MR) is 101 cm³/mol. The van der Waals surface area contributed by atoms with E-state index in [4.69, 9.17) is 5.11 Å². The molecule has 0 aromatic rings. The number of aliphatic carboxylic acids is 1. The lowest BCUT2D eigenvalue weighted by molar-refractivity contribution is -0.149. The standard InChI is InChI=1S/C21H32O5/c1-2-3-6-9-17(22)14-12-16-13-15-19(23)18(16)10-7-4-5-8-11-20(24)21(25)26/h12-18,22H,2-11H2,1H3,(H,25,26)/b14-12+/t16-,17+,18+/m0/s1. The Morgan fingerprint density at radius 2 is 1.88 bits per heavy atom. The summed E-state index contributed by atoms with van der Waals surface area (Å²) in [4.78, 5) is 33.5. The number of carbonyl (C=O) groups is 3. The number of rotatable bonds is 14. The molecule has 5 heteroatoms. The summed E-state index contributed by atoms with van der Waals surface area (Å²) in [5, 5.41) is 18.5. The number of carboxylic acids is 1. The van der Waals surface area contributed by atoms with Crippen LogP contribution >= 0.6 is 0 Å². The van der Waals surface area contributed by atoms with Gasteiger partial charge in [0.1, 0.15) is 0 Å². The van der Waals surface area contributed by atoms with Gasteiger partial charge in [-0.3, -0.25) is 9.59 Å². The van der Waals surface area contributed by atoms with Gasteiger partial charge in [-0.2, -0.15) is 0 Å². The third-order valence-corrected chi connectivity index (χ3v) is 4.88. The molecule has 0 fully saturated rings. The smallest absolute Gasteiger partial charge is 0.372 e. The van der Waals surface area contributed by atoms with E-state index in [1.807, 2.05) is 18.2 Å². The van der Waals surface area contributed by atoms with Crippen molar-refractivity contribution in [3.8, 4) is 0 Å². The number of hydrogen-bond donors (Lipinski definition) is 2. The van der Waals surface area contributed by atoms with Gasteiger partial charge in [0.2, 0.25) is 5.78 Å². The van der Waals surface area contributed by atoms with Gasteiger partial charge < -0.3 is 10.2 Å². The average Bonchev–Trinajstić information content (AvgIpc) is 2.96. The Balaban J connectivity index is 2.28. The number of ketones is 2. The molecule has 5 nitrogen and oxygen atoms in total. The Labute approximate surface area is 156 Å². The van der Waals surface area contributed by atoms with Crippen molar-refractivity contribution in [1.29, 1.82) is 0 Å². The number of hydrogen-bond acceptors (Lipinski definition) is 4. The van der Waals surface area contributed by atoms with E-state index in [1.165, 1.54) is 0 Å². The normalized spacial score (nSPS) is 20.8. The van der Waals surface area contributed by atoms with Crippen LogP contribution in [0.15, 0.2) is 24.3 Å². The van der Waals surface area contributed by atoms with Crippen molar-refractivity contribution in [3.63, 3.8) is 0 Å². The van der Waals surface area contributed by atoms with Gasteiger partial charge in [-0.1, -0.05) is 63.7 Å². The topological polar surface area (TPSA) is 91.7 Å². The molecule has 3 atom stereocenters. The summed E-state index contributed by atoms with van der Waals surface area (Å²) < 4.78 is 0. The molecule has 1 aliphatic carbocycles. The van der Waals surface area contributed by atoms with Gasteiger partial charge in [-0.05, 0) is 25.3 Å². The molecule has 0 unspecified atom stereocenters. The van der Waals surface area contributed by atoms with Gasteiger partial charge in [-0.25, -0.2) is 4.79 Å². The van der Waals surface area contributed by atoms with Crippen LogP contribution in [-0.4, -0.2) is 33.9 Å². The summed E-state index contributed by atoms with van der Waals surface area (Å²) in [7, 11) is 0. The van der Waals surface area contributed by atoms with Crippen molar-refractivity contribution >= 4 is 17.5 Å². The molecule has 0 radical (unpaired) electrons. The molecular formula is C21H32O5. The first-order valence-corrected chi connectivity index (χ1v) is 9.80. The van der Waals surface area contributed by atoms with E-state index in [1.54, 1.807) is 6.08 Å². The number of unbranched alkanes of at least 4 members (excludes halogenated alkanes) is 5. The maximum atomic E-state index is 12.0. The van der Waals surface area contributed by atoms with E-state index < -0.39 is 17.9 Å². The largest absolute Gasteiger partial charge is 0.476 e. The number of aliphatic hydroxyl groups is 1. The predicted octanol–water partition coefficient (Wildman–Crippen LogP) is 3.85. The van der Waals surface area contributed by atoms with Crippen molar-refractivity contribution in [2.24, 2.45) is 11.8 Å². The van der Waals surface area contributed by atoms with Gasteiger partial charge in [0.05, 0.1) is 6.10 Å². The Morgan fingerprint density at radius 3 is 2.58 bits per heavy atom. The van der Waals surface area contributed by atoms with E-state index in [2.05, 4.69) is 6.92 Å². The fraction of sp³-hybridized carbons (Fsp3) is 0.667. The Morgan fingerprint density at radius 1 is 1.15 bits per heavy atom. The van der Waals surface area contributed by atoms with Gasteiger partial charge in [0, 0.05) is 18.3 Å². The van der Waals surface area contributed by atoms with Crippen LogP contribution in [0.25, 0.3) is 0 Å². The zero-order valence-electron chi connectivity index (χ0n) is 15.7. The highest BCUT2D eigenvalue weighted by atomic mass is 16.4. The summed E-state index contributed by atoms with van der Waals surface area (Å²) in [6.07, 6.45) is 14.9. The Hall–Kier alpha value is -1.75. The highest BCUT2D eigenvalue weighted by Gasteiger charge is 2.27. The Kier molecular flexibility index (Phi) is 10.8. The van der Waals surface area contributed by atoms with Crippen LogP contribution in [0.2, 0.25) is 0 Å². The van der Waals surface area contributed by atoms with E-state index in [0.29, 0.717) is 6.42 Å². The third-order valence-electron chi connectivity index (χ3n) is 4.88. The second-order valence-corrected chi connectivity index (χ2v) is 7.07. The zero-order chi connectivity index (χ0) is 19.4. The number of allylic oxidation sites excluding steroid dienone is 3. The lowest BCUT2D eigenvalue weighted by Crippen LogP contribution is -2.15. The Bertz CT molecular complexity index is 520. The lowest BCUT2D eigenvalue weighted by Gasteiger charge is -2.15. The third kappa shape index (κ3) is 8.56. The molecule has 1 aliphatic rings. The zero-order valence-corrected chi connectivity index (χ0v) is 15.7. The number of aliphatic hydroxyl groups excluding tert-OH is 1. The molecule has 0 aromatic heterocycles. The van der Waals surface area contributed by atoms with E-state index in [0.717, 1.165) is 51.4 Å². The number of Topliss-reactive ketones (excluding diaryl/α,β-unsaturated/α-hetero) is 1. The molecule has 2 N–H and O–H groups in total. The molecule has 0 saturated carbocycles. The van der Waals surface area contributed by atoms with Crippen molar-refractivity contribution in [2.75, 3.05) is 0 Å². The molecule has 0 aromatic carbocycles. The monoisotopic (exact) mass is 364 g/mol. The SMILES string of the molecule is CCCCC[C@@H](O)/C=C/[C@H]1C=CC(=O)[C@@H]1CCCCCCC(=O)C(=O)O. The van der Waals surface area contributed by atoms with Crippen LogP contribution in [0.1, 0.15) is 71.1 Å².